The van der Waals surface area contributed by atoms with Gasteiger partial charge in [-0.2, -0.15) is 0 Å². The van der Waals surface area contributed by atoms with E-state index in [0.29, 0.717) is 21.8 Å². The van der Waals surface area contributed by atoms with Gasteiger partial charge in [-0.25, -0.2) is 0 Å². The lowest BCUT2D eigenvalue weighted by molar-refractivity contribution is 0.0910. The number of carbonyl (C=O) groups excluding carboxylic acids is 1. The first kappa shape index (κ1) is 14.7. The number of amides is 1. The summed E-state index contributed by atoms with van der Waals surface area (Å²) in [6.45, 7) is 0. The maximum Gasteiger partial charge on any atom is 0.251 e. The van der Waals surface area contributed by atoms with Crippen molar-refractivity contribution >= 4 is 33.4 Å². The van der Waals surface area contributed by atoms with E-state index < -0.39 is 0 Å². The summed E-state index contributed by atoms with van der Waals surface area (Å²) < 4.78 is 0.584. The van der Waals surface area contributed by atoms with E-state index in [1.165, 1.54) is 12.5 Å². The Balaban J connectivity index is 2.05. The molecule has 0 aliphatic heterocycles. The van der Waals surface area contributed by atoms with E-state index in [-0.39, 0.29) is 17.7 Å². The van der Waals surface area contributed by atoms with Gasteiger partial charge in [-0.15, -0.1) is 11.6 Å². The van der Waals surface area contributed by atoms with Crippen LogP contribution in [0, 0.1) is 5.92 Å². The normalized spacial score (nSPS) is 23.1. The summed E-state index contributed by atoms with van der Waals surface area (Å²) in [5.74, 6) is 0.856. The fraction of sp³-hybridized carbons (Fsp3) is 0.500. The molecule has 0 bridgehead atoms. The van der Waals surface area contributed by atoms with Crippen molar-refractivity contribution in [3.63, 3.8) is 0 Å². The van der Waals surface area contributed by atoms with Crippen molar-refractivity contribution < 1.29 is 9.90 Å². The Morgan fingerprint density at radius 3 is 2.84 bits per heavy atom. The molecule has 1 aromatic carbocycles. The predicted molar refractivity (Wildman–Crippen MR) is 79.7 cm³/mol. The lowest BCUT2D eigenvalue weighted by Crippen LogP contribution is -2.42. The molecule has 0 radical (unpaired) electrons. The first-order valence-corrected chi connectivity index (χ1v) is 7.80. The molecule has 1 fully saturated rings. The molecule has 19 heavy (non-hydrogen) atoms. The first-order valence-electron chi connectivity index (χ1n) is 6.47. The summed E-state index contributed by atoms with van der Waals surface area (Å²) in [6.07, 6.45) is 4.36. The Hall–Kier alpha value is -0.740. The molecule has 0 saturated heterocycles. The van der Waals surface area contributed by atoms with Crippen molar-refractivity contribution in [2.24, 2.45) is 5.92 Å². The molecular weight excluding hydrogens is 330 g/mol. The zero-order valence-corrected chi connectivity index (χ0v) is 12.9. The van der Waals surface area contributed by atoms with E-state index in [1.807, 2.05) is 0 Å². The zero-order chi connectivity index (χ0) is 13.8. The van der Waals surface area contributed by atoms with Gasteiger partial charge in [0.05, 0.1) is 4.47 Å². The molecule has 0 aromatic heterocycles. The topological polar surface area (TPSA) is 49.3 Å². The highest BCUT2D eigenvalue weighted by atomic mass is 79.9. The van der Waals surface area contributed by atoms with E-state index in [0.717, 1.165) is 19.3 Å². The summed E-state index contributed by atoms with van der Waals surface area (Å²) in [6, 6.07) is 4.98. The Kier molecular flexibility index (Phi) is 5.11. The molecule has 3 nitrogen and oxygen atoms in total. The van der Waals surface area contributed by atoms with Gasteiger partial charge in [0.15, 0.2) is 0 Å². The minimum atomic E-state index is -0.148. The Morgan fingerprint density at radius 2 is 2.16 bits per heavy atom. The number of hydrogen-bond donors (Lipinski definition) is 2. The van der Waals surface area contributed by atoms with E-state index in [2.05, 4.69) is 21.2 Å². The standard InChI is InChI=1S/C14H17BrClNO2/c15-11-6-5-9(7-13(11)18)14(19)17-12-4-2-1-3-10(12)8-16/h5-7,10,12,18H,1-4,8H2,(H,17,19). The summed E-state index contributed by atoms with van der Waals surface area (Å²) >= 11 is 9.15. The molecule has 1 saturated carbocycles. The monoisotopic (exact) mass is 345 g/mol. The van der Waals surface area contributed by atoms with Crippen molar-refractivity contribution in [2.45, 2.75) is 31.7 Å². The highest BCUT2D eigenvalue weighted by Gasteiger charge is 2.26. The van der Waals surface area contributed by atoms with Gasteiger partial charge >= 0.3 is 0 Å². The molecule has 1 aliphatic rings. The van der Waals surface area contributed by atoms with Crippen LogP contribution in [0.25, 0.3) is 0 Å². The van der Waals surface area contributed by atoms with Gasteiger partial charge < -0.3 is 10.4 Å². The number of halogens is 2. The van der Waals surface area contributed by atoms with Crippen LogP contribution < -0.4 is 5.32 Å². The zero-order valence-electron chi connectivity index (χ0n) is 10.5. The van der Waals surface area contributed by atoms with E-state index >= 15 is 0 Å². The fourth-order valence-electron chi connectivity index (χ4n) is 2.49. The minimum absolute atomic E-state index is 0.0742. The highest BCUT2D eigenvalue weighted by Crippen LogP contribution is 2.27. The summed E-state index contributed by atoms with van der Waals surface area (Å²) in [4.78, 5) is 12.2. The molecule has 1 aliphatic carbocycles. The average Bonchev–Trinajstić information content (AvgIpc) is 2.42. The SMILES string of the molecule is O=C(NC1CCCCC1CCl)c1ccc(Br)c(O)c1. The molecule has 1 aromatic rings. The number of phenolic OH excluding ortho intramolecular Hbond substituents is 1. The van der Waals surface area contributed by atoms with Crippen LogP contribution in [0.2, 0.25) is 0 Å². The summed E-state index contributed by atoms with van der Waals surface area (Å²) in [7, 11) is 0. The predicted octanol–water partition coefficient (Wildman–Crippen LogP) is 3.68. The van der Waals surface area contributed by atoms with E-state index in [4.69, 9.17) is 11.6 Å². The second-order valence-corrected chi connectivity index (χ2v) is 6.11. The van der Waals surface area contributed by atoms with Crippen LogP contribution in [-0.4, -0.2) is 22.9 Å². The Morgan fingerprint density at radius 1 is 1.42 bits per heavy atom. The number of nitrogens with one attached hydrogen (secondary N) is 1. The van der Waals surface area contributed by atoms with Crippen molar-refractivity contribution in [3.8, 4) is 5.75 Å². The fourth-order valence-corrected chi connectivity index (χ4v) is 3.10. The van der Waals surface area contributed by atoms with Crippen molar-refractivity contribution in [3.05, 3.63) is 28.2 Å². The van der Waals surface area contributed by atoms with E-state index in [1.54, 1.807) is 12.1 Å². The minimum Gasteiger partial charge on any atom is -0.507 e. The maximum absolute atomic E-state index is 12.2. The largest absolute Gasteiger partial charge is 0.507 e. The molecule has 1 amide bonds. The summed E-state index contributed by atoms with van der Waals surface area (Å²) in [5.41, 5.74) is 0.472. The number of benzene rings is 1. The van der Waals surface area contributed by atoms with Crippen LogP contribution in [0.3, 0.4) is 0 Å². The van der Waals surface area contributed by atoms with Gasteiger partial charge in [0, 0.05) is 17.5 Å². The molecule has 104 valence electrons. The molecule has 2 unspecified atom stereocenters. The molecular formula is C14H17BrClNO2. The number of alkyl halides is 1. The number of aromatic hydroxyl groups is 1. The van der Waals surface area contributed by atoms with Crippen LogP contribution in [0.4, 0.5) is 0 Å². The summed E-state index contributed by atoms with van der Waals surface area (Å²) in [5, 5.41) is 12.6. The third kappa shape index (κ3) is 3.63. The molecule has 2 rings (SSSR count). The van der Waals surface area contributed by atoms with Gasteiger partial charge in [0.25, 0.3) is 5.91 Å². The third-order valence-corrected chi connectivity index (χ3v) is 4.70. The van der Waals surface area contributed by atoms with Crippen LogP contribution in [0.5, 0.6) is 5.75 Å². The number of rotatable bonds is 3. The van der Waals surface area contributed by atoms with Gasteiger partial charge in [-0.1, -0.05) is 12.8 Å². The molecule has 2 N–H and O–H groups in total. The Bertz CT molecular complexity index is 467. The molecule has 0 spiro atoms. The smallest absolute Gasteiger partial charge is 0.251 e. The molecule has 0 heterocycles. The van der Waals surface area contributed by atoms with Crippen LogP contribution in [-0.2, 0) is 0 Å². The van der Waals surface area contributed by atoms with Crippen molar-refractivity contribution in [2.75, 3.05) is 5.88 Å². The van der Waals surface area contributed by atoms with Crippen LogP contribution in [0.1, 0.15) is 36.0 Å². The van der Waals surface area contributed by atoms with Crippen molar-refractivity contribution in [1.82, 2.24) is 5.32 Å². The Labute approximate surface area is 126 Å². The highest BCUT2D eigenvalue weighted by molar-refractivity contribution is 9.10. The van der Waals surface area contributed by atoms with Crippen LogP contribution in [0.15, 0.2) is 22.7 Å². The number of phenols is 1. The number of carbonyl (C=O) groups is 1. The second kappa shape index (κ2) is 6.62. The number of hydrogen-bond acceptors (Lipinski definition) is 2. The second-order valence-electron chi connectivity index (χ2n) is 4.94. The quantitative estimate of drug-likeness (QED) is 0.820. The first-order chi connectivity index (χ1) is 9.11. The lowest BCUT2D eigenvalue weighted by atomic mass is 9.85. The van der Waals surface area contributed by atoms with Gasteiger partial charge in [-0.3, -0.25) is 4.79 Å². The molecule has 5 heteroatoms. The maximum atomic E-state index is 12.2. The van der Waals surface area contributed by atoms with Crippen molar-refractivity contribution in [1.29, 1.82) is 0 Å². The van der Waals surface area contributed by atoms with Gasteiger partial charge in [0.1, 0.15) is 5.75 Å². The average molecular weight is 347 g/mol. The van der Waals surface area contributed by atoms with Gasteiger partial charge in [0.2, 0.25) is 0 Å². The third-order valence-electron chi connectivity index (χ3n) is 3.63. The molecule has 2 atom stereocenters. The van der Waals surface area contributed by atoms with Crippen LogP contribution >= 0.6 is 27.5 Å². The van der Waals surface area contributed by atoms with E-state index in [9.17, 15) is 9.90 Å². The van der Waals surface area contributed by atoms with Gasteiger partial charge in [-0.05, 0) is 52.9 Å². The lowest BCUT2D eigenvalue weighted by Gasteiger charge is -2.30.